The summed E-state index contributed by atoms with van der Waals surface area (Å²) in [7, 11) is 0. The van der Waals surface area contributed by atoms with E-state index < -0.39 is 0 Å². The van der Waals surface area contributed by atoms with Crippen LogP contribution in [0, 0.1) is 18.3 Å². The van der Waals surface area contributed by atoms with Crippen molar-refractivity contribution >= 4 is 23.3 Å². The van der Waals surface area contributed by atoms with Crippen LogP contribution in [0.4, 0.5) is 0 Å². The Morgan fingerprint density at radius 3 is 2.50 bits per heavy atom. The summed E-state index contributed by atoms with van der Waals surface area (Å²) in [6, 6.07) is 13.8. The maximum absolute atomic E-state index is 9.55. The largest absolute Gasteiger partial charge is 0.490 e. The van der Waals surface area contributed by atoms with E-state index in [2.05, 4.69) is 13.0 Å². The van der Waals surface area contributed by atoms with Crippen molar-refractivity contribution in [3.8, 4) is 17.6 Å². The van der Waals surface area contributed by atoms with E-state index in [0.29, 0.717) is 28.7 Å². The Morgan fingerprint density at radius 2 is 1.92 bits per heavy atom. The molecule has 1 atom stereocenters. The van der Waals surface area contributed by atoms with Gasteiger partial charge >= 0.3 is 0 Å². The van der Waals surface area contributed by atoms with Crippen LogP contribution in [-0.2, 0) is 0 Å². The normalized spacial score (nSPS) is 12.4. The molecule has 0 N–H and O–H groups in total. The first-order valence-electron chi connectivity index (χ1n) is 8.80. The topological polar surface area (TPSA) is 42.2 Å². The fourth-order valence-corrected chi connectivity index (χ4v) is 2.68. The van der Waals surface area contributed by atoms with Gasteiger partial charge in [-0.15, -0.1) is 0 Å². The molecule has 0 radical (unpaired) electrons. The summed E-state index contributed by atoms with van der Waals surface area (Å²) in [5.74, 6) is 1.14. The standard InChI is InChI=1S/C22H24ClNO2/c1-5-16(4)26-22-20(23)12-17(13-21(22)25-6-2)11-19(14-24)18-9-7-15(3)8-10-18/h7-13,16H,5-6H2,1-4H3/b19-11-. The third-order valence-corrected chi connectivity index (χ3v) is 4.30. The molecule has 2 rings (SSSR count). The van der Waals surface area contributed by atoms with Crippen molar-refractivity contribution in [2.45, 2.75) is 40.2 Å². The third-order valence-electron chi connectivity index (χ3n) is 4.02. The Hall–Kier alpha value is -2.44. The first kappa shape index (κ1) is 19.9. The Balaban J connectivity index is 2.45. The molecule has 0 aliphatic heterocycles. The minimum absolute atomic E-state index is 0.0373. The van der Waals surface area contributed by atoms with Crippen LogP contribution in [-0.4, -0.2) is 12.7 Å². The van der Waals surface area contributed by atoms with Gasteiger partial charge in [0.15, 0.2) is 11.5 Å². The molecule has 26 heavy (non-hydrogen) atoms. The van der Waals surface area contributed by atoms with Crippen molar-refractivity contribution in [2.75, 3.05) is 6.61 Å². The van der Waals surface area contributed by atoms with Gasteiger partial charge in [0.2, 0.25) is 0 Å². The predicted molar refractivity (Wildman–Crippen MR) is 108 cm³/mol. The van der Waals surface area contributed by atoms with Crippen LogP contribution in [0.3, 0.4) is 0 Å². The molecule has 0 saturated heterocycles. The molecule has 4 heteroatoms. The number of halogens is 1. The second-order valence-corrected chi connectivity index (χ2v) is 6.54. The van der Waals surface area contributed by atoms with E-state index >= 15 is 0 Å². The van der Waals surface area contributed by atoms with E-state index in [0.717, 1.165) is 23.1 Å². The van der Waals surface area contributed by atoms with Gasteiger partial charge in [0, 0.05) is 0 Å². The zero-order valence-electron chi connectivity index (χ0n) is 15.7. The van der Waals surface area contributed by atoms with Crippen LogP contribution in [0.25, 0.3) is 11.6 Å². The SMILES string of the molecule is CCOc1cc(/C=C(/C#N)c2ccc(C)cc2)cc(Cl)c1OC(C)CC. The van der Waals surface area contributed by atoms with Crippen molar-refractivity contribution in [3.05, 3.63) is 58.1 Å². The van der Waals surface area contributed by atoms with Crippen LogP contribution in [0.5, 0.6) is 11.5 Å². The highest BCUT2D eigenvalue weighted by Gasteiger charge is 2.15. The maximum atomic E-state index is 9.55. The summed E-state index contributed by atoms with van der Waals surface area (Å²) in [6.45, 7) is 8.48. The summed E-state index contributed by atoms with van der Waals surface area (Å²) < 4.78 is 11.6. The minimum Gasteiger partial charge on any atom is -0.490 e. The van der Waals surface area contributed by atoms with Crippen LogP contribution in [0.15, 0.2) is 36.4 Å². The highest BCUT2D eigenvalue weighted by atomic mass is 35.5. The van der Waals surface area contributed by atoms with Gasteiger partial charge in [0.1, 0.15) is 0 Å². The maximum Gasteiger partial charge on any atom is 0.180 e. The summed E-state index contributed by atoms with van der Waals surface area (Å²) >= 11 is 6.45. The Morgan fingerprint density at radius 1 is 1.23 bits per heavy atom. The average molecular weight is 370 g/mol. The third kappa shape index (κ3) is 5.03. The Kier molecular flexibility index (Phi) is 7.12. The van der Waals surface area contributed by atoms with Gasteiger partial charge in [-0.2, -0.15) is 5.26 Å². The zero-order chi connectivity index (χ0) is 19.1. The highest BCUT2D eigenvalue weighted by Crippen LogP contribution is 2.38. The predicted octanol–water partition coefficient (Wildman–Crippen LogP) is 6.29. The van der Waals surface area contributed by atoms with Gasteiger partial charge < -0.3 is 9.47 Å². The number of aryl methyl sites for hydroxylation is 1. The highest BCUT2D eigenvalue weighted by molar-refractivity contribution is 6.32. The molecule has 2 aromatic rings. The van der Waals surface area contributed by atoms with E-state index in [1.165, 1.54) is 0 Å². The molecule has 0 heterocycles. The Labute approximate surface area is 160 Å². The molecule has 3 nitrogen and oxygen atoms in total. The molecular weight excluding hydrogens is 346 g/mol. The van der Waals surface area contributed by atoms with Crippen LogP contribution < -0.4 is 9.47 Å². The molecular formula is C22H24ClNO2. The lowest BCUT2D eigenvalue weighted by Gasteiger charge is -2.18. The van der Waals surface area contributed by atoms with Gasteiger partial charge in [0.05, 0.1) is 29.4 Å². The van der Waals surface area contributed by atoms with Crippen LogP contribution in [0.2, 0.25) is 5.02 Å². The second-order valence-electron chi connectivity index (χ2n) is 6.14. The fraction of sp³-hybridized carbons (Fsp3) is 0.318. The van der Waals surface area contributed by atoms with E-state index in [1.54, 1.807) is 6.07 Å². The smallest absolute Gasteiger partial charge is 0.180 e. The average Bonchev–Trinajstić information content (AvgIpc) is 2.63. The fourth-order valence-electron chi connectivity index (χ4n) is 2.41. The van der Waals surface area contributed by atoms with Gasteiger partial charge in [-0.3, -0.25) is 0 Å². The van der Waals surface area contributed by atoms with Crippen molar-refractivity contribution in [3.63, 3.8) is 0 Å². The molecule has 1 unspecified atom stereocenters. The van der Waals surface area contributed by atoms with E-state index in [1.807, 2.05) is 57.2 Å². The van der Waals surface area contributed by atoms with Crippen LogP contribution in [0.1, 0.15) is 43.9 Å². The van der Waals surface area contributed by atoms with E-state index in [4.69, 9.17) is 21.1 Å². The molecule has 0 spiro atoms. The van der Waals surface area contributed by atoms with Crippen LogP contribution >= 0.6 is 11.6 Å². The number of benzene rings is 2. The number of hydrogen-bond acceptors (Lipinski definition) is 3. The summed E-state index contributed by atoms with van der Waals surface area (Å²) in [5.41, 5.74) is 3.39. The molecule has 136 valence electrons. The molecule has 0 aliphatic rings. The molecule has 0 saturated carbocycles. The summed E-state index contributed by atoms with van der Waals surface area (Å²) in [4.78, 5) is 0. The van der Waals surface area contributed by atoms with E-state index in [-0.39, 0.29) is 6.10 Å². The lowest BCUT2D eigenvalue weighted by molar-refractivity contribution is 0.203. The molecule has 2 aromatic carbocycles. The molecule has 0 bridgehead atoms. The number of nitriles is 1. The van der Waals surface area contributed by atoms with Crippen molar-refractivity contribution < 1.29 is 9.47 Å². The number of allylic oxidation sites excluding steroid dienone is 1. The summed E-state index contributed by atoms with van der Waals surface area (Å²) in [5, 5.41) is 10.0. The van der Waals surface area contributed by atoms with Gasteiger partial charge in [0.25, 0.3) is 0 Å². The summed E-state index contributed by atoms with van der Waals surface area (Å²) in [6.07, 6.45) is 2.72. The number of hydrogen-bond donors (Lipinski definition) is 0. The van der Waals surface area contributed by atoms with Crippen molar-refractivity contribution in [1.29, 1.82) is 5.26 Å². The molecule has 0 aromatic heterocycles. The quantitative estimate of drug-likeness (QED) is 0.425. The first-order chi connectivity index (χ1) is 12.5. The minimum atomic E-state index is 0.0373. The number of nitrogens with zero attached hydrogens (tertiary/aromatic N) is 1. The second kappa shape index (κ2) is 9.31. The van der Waals surface area contributed by atoms with Gasteiger partial charge in [-0.1, -0.05) is 48.4 Å². The Bertz CT molecular complexity index is 819. The van der Waals surface area contributed by atoms with E-state index in [9.17, 15) is 5.26 Å². The number of ether oxygens (including phenoxy) is 2. The lowest BCUT2D eigenvalue weighted by atomic mass is 10.0. The van der Waals surface area contributed by atoms with Crippen molar-refractivity contribution in [1.82, 2.24) is 0 Å². The first-order valence-corrected chi connectivity index (χ1v) is 9.18. The zero-order valence-corrected chi connectivity index (χ0v) is 16.4. The molecule has 0 aliphatic carbocycles. The molecule has 0 amide bonds. The monoisotopic (exact) mass is 369 g/mol. The molecule has 0 fully saturated rings. The lowest BCUT2D eigenvalue weighted by Crippen LogP contribution is -2.11. The van der Waals surface area contributed by atoms with Crippen molar-refractivity contribution in [2.24, 2.45) is 0 Å². The number of rotatable bonds is 7. The van der Waals surface area contributed by atoms with Gasteiger partial charge in [-0.25, -0.2) is 0 Å². The van der Waals surface area contributed by atoms with Gasteiger partial charge in [-0.05, 0) is 56.5 Å².